The molecule has 3 atom stereocenters. The van der Waals surface area contributed by atoms with Crippen molar-refractivity contribution >= 4 is 15.6 Å². The zero-order chi connectivity index (χ0) is 26.9. The van der Waals surface area contributed by atoms with Gasteiger partial charge in [0.05, 0.1) is 4.90 Å². The number of halogens is 8. The predicted molar refractivity (Wildman–Crippen MR) is 112 cm³/mol. The van der Waals surface area contributed by atoms with Gasteiger partial charge in [0.25, 0.3) is 0 Å². The van der Waals surface area contributed by atoms with Crippen molar-refractivity contribution in [3.05, 3.63) is 65.0 Å². The Bertz CT molecular complexity index is 1280. The molecule has 0 saturated heterocycles. The lowest BCUT2D eigenvalue weighted by Crippen LogP contribution is -2.51. The number of sulfone groups is 1. The molecule has 0 bridgehead atoms. The Morgan fingerprint density at radius 2 is 1.50 bits per heavy atom. The van der Waals surface area contributed by atoms with Crippen molar-refractivity contribution in [2.24, 2.45) is 11.8 Å². The fraction of sp³-hybridized carbons (Fsp3) is 0.458. The number of alkyl halides is 7. The summed E-state index contributed by atoms with van der Waals surface area (Å²) in [7, 11) is -4.42. The van der Waals surface area contributed by atoms with E-state index in [2.05, 4.69) is 0 Å². The molecular formula is C24H20F8O3S. The van der Waals surface area contributed by atoms with E-state index in [1.165, 1.54) is 6.92 Å². The summed E-state index contributed by atoms with van der Waals surface area (Å²) in [6, 6.07) is 5.38. The Labute approximate surface area is 201 Å². The normalized spacial score (nSPS) is 24.8. The van der Waals surface area contributed by atoms with Crippen molar-refractivity contribution in [2.75, 3.05) is 0 Å². The van der Waals surface area contributed by atoms with Crippen LogP contribution in [0.2, 0.25) is 0 Å². The van der Waals surface area contributed by atoms with Crippen LogP contribution >= 0.6 is 0 Å². The van der Waals surface area contributed by atoms with Gasteiger partial charge in [-0.05, 0) is 73.9 Å². The first-order chi connectivity index (χ1) is 16.5. The monoisotopic (exact) mass is 540 g/mol. The van der Waals surface area contributed by atoms with Crippen LogP contribution in [0.3, 0.4) is 0 Å². The molecule has 0 aliphatic heterocycles. The van der Waals surface area contributed by atoms with E-state index in [4.69, 9.17) is 0 Å². The minimum absolute atomic E-state index is 0.0293. The minimum Gasteiger partial charge on any atom is -0.300 e. The fourth-order valence-electron chi connectivity index (χ4n) is 5.87. The number of carbonyl (C=O) groups is 1. The molecule has 0 aromatic heterocycles. The highest BCUT2D eigenvalue weighted by molar-refractivity contribution is 7.92. The highest BCUT2D eigenvalue weighted by Crippen LogP contribution is 2.60. The second-order valence-electron chi connectivity index (χ2n) is 9.27. The van der Waals surface area contributed by atoms with Crippen LogP contribution in [0.4, 0.5) is 35.1 Å². The van der Waals surface area contributed by atoms with Gasteiger partial charge in [-0.3, -0.25) is 4.79 Å². The molecule has 0 amide bonds. The number of aryl methyl sites for hydroxylation is 1. The zero-order valence-electron chi connectivity index (χ0n) is 18.7. The molecule has 0 N–H and O–H groups in total. The molecule has 1 saturated carbocycles. The van der Waals surface area contributed by atoms with Crippen LogP contribution in [0.15, 0.2) is 47.4 Å². The summed E-state index contributed by atoms with van der Waals surface area (Å²) in [5.74, 6) is -2.54. The first kappa shape index (κ1) is 26.6. The van der Waals surface area contributed by atoms with Crippen molar-refractivity contribution in [1.29, 1.82) is 0 Å². The minimum atomic E-state index is -6.32. The molecule has 1 fully saturated rings. The van der Waals surface area contributed by atoms with Gasteiger partial charge in [0, 0.05) is 11.5 Å². The Morgan fingerprint density at radius 1 is 0.917 bits per heavy atom. The highest BCUT2D eigenvalue weighted by Gasteiger charge is 2.73. The molecule has 3 nitrogen and oxygen atoms in total. The van der Waals surface area contributed by atoms with Crippen LogP contribution < -0.4 is 0 Å². The maximum atomic E-state index is 14.7. The number of benzene rings is 2. The molecule has 2 aliphatic rings. The van der Waals surface area contributed by atoms with E-state index in [9.17, 15) is 48.3 Å². The number of carbonyl (C=O) groups excluding carboxylic acids is 1. The molecule has 0 heterocycles. The fourth-order valence-corrected chi connectivity index (χ4v) is 8.34. The lowest BCUT2D eigenvalue weighted by molar-refractivity contribution is -0.348. The van der Waals surface area contributed by atoms with Crippen LogP contribution in [0.25, 0.3) is 0 Å². The molecule has 0 spiro atoms. The number of Topliss-reactive ketones (excluding diaryl/α,β-unsaturated/α-hetero) is 1. The van der Waals surface area contributed by atoms with Crippen LogP contribution in [0, 0.1) is 17.7 Å². The third kappa shape index (κ3) is 3.58. The highest BCUT2D eigenvalue weighted by atomic mass is 32.2. The quantitative estimate of drug-likeness (QED) is 0.336. The number of rotatable bonds is 4. The Balaban J connectivity index is 1.97. The van der Waals surface area contributed by atoms with Gasteiger partial charge < -0.3 is 0 Å². The summed E-state index contributed by atoms with van der Waals surface area (Å²) in [4.78, 5) is 12.0. The molecule has 0 radical (unpaired) electrons. The van der Waals surface area contributed by atoms with Gasteiger partial charge in [-0.25, -0.2) is 17.2 Å². The second-order valence-corrected chi connectivity index (χ2v) is 11.5. The van der Waals surface area contributed by atoms with E-state index in [1.807, 2.05) is 0 Å². The van der Waals surface area contributed by atoms with Gasteiger partial charge in [0.15, 0.2) is 9.84 Å². The SMILES string of the molecule is CC(=O)[C@@H]1CC[C@@]2(S(=O)(=O)c3ccc(F)cc3)c3ccc(C(F)(C(F)(F)F)C(F)(F)F)cc3CC[C@@H]12. The van der Waals surface area contributed by atoms with Crippen molar-refractivity contribution in [2.45, 2.75) is 60.3 Å². The summed E-state index contributed by atoms with van der Waals surface area (Å²) >= 11 is 0. The van der Waals surface area contributed by atoms with Crippen LogP contribution in [-0.4, -0.2) is 26.6 Å². The van der Waals surface area contributed by atoms with Crippen molar-refractivity contribution in [3.63, 3.8) is 0 Å². The summed E-state index contributed by atoms with van der Waals surface area (Å²) in [5.41, 5.74) is -7.60. The smallest absolute Gasteiger partial charge is 0.300 e. The Hall–Kier alpha value is -2.50. The third-order valence-corrected chi connectivity index (χ3v) is 10.1. The molecule has 2 aromatic rings. The van der Waals surface area contributed by atoms with Crippen LogP contribution in [0.5, 0.6) is 0 Å². The van der Waals surface area contributed by atoms with E-state index in [0.29, 0.717) is 12.1 Å². The first-order valence-corrected chi connectivity index (χ1v) is 12.4. The average molecular weight is 540 g/mol. The van der Waals surface area contributed by atoms with Gasteiger partial charge in [0.2, 0.25) is 0 Å². The maximum Gasteiger partial charge on any atom is 0.435 e. The third-order valence-electron chi connectivity index (χ3n) is 7.50. The van der Waals surface area contributed by atoms with Gasteiger partial charge in [0.1, 0.15) is 16.3 Å². The van der Waals surface area contributed by atoms with Gasteiger partial charge in [-0.2, -0.15) is 26.3 Å². The predicted octanol–water partition coefficient (Wildman–Crippen LogP) is 6.35. The first-order valence-electron chi connectivity index (χ1n) is 11.0. The van der Waals surface area contributed by atoms with E-state index in [0.717, 1.165) is 30.3 Å². The molecule has 196 valence electrons. The summed E-state index contributed by atoms with van der Waals surface area (Å²) in [5, 5.41) is 0. The lowest BCUT2D eigenvalue weighted by Gasteiger charge is -2.42. The van der Waals surface area contributed by atoms with Crippen molar-refractivity contribution < 1.29 is 48.3 Å². The van der Waals surface area contributed by atoms with Crippen molar-refractivity contribution in [1.82, 2.24) is 0 Å². The van der Waals surface area contributed by atoms with E-state index in [-0.39, 0.29) is 47.5 Å². The topological polar surface area (TPSA) is 51.2 Å². The Kier molecular flexibility index (Phi) is 6.09. The lowest BCUT2D eigenvalue weighted by atomic mass is 9.72. The number of hydrogen-bond acceptors (Lipinski definition) is 3. The molecule has 2 aromatic carbocycles. The number of hydrogen-bond donors (Lipinski definition) is 0. The number of ketones is 1. The average Bonchev–Trinajstić information content (AvgIpc) is 3.19. The molecular weight excluding hydrogens is 520 g/mol. The molecule has 12 heteroatoms. The van der Waals surface area contributed by atoms with E-state index >= 15 is 0 Å². The van der Waals surface area contributed by atoms with Gasteiger partial charge in [-0.15, -0.1) is 0 Å². The van der Waals surface area contributed by atoms with Crippen LogP contribution in [0.1, 0.15) is 42.9 Å². The summed E-state index contributed by atoms with van der Waals surface area (Å²) < 4.78 is 134. The van der Waals surface area contributed by atoms with Crippen LogP contribution in [-0.2, 0) is 31.5 Å². The molecule has 4 rings (SSSR count). The summed E-state index contributed by atoms with van der Waals surface area (Å²) in [6.07, 6.45) is -12.8. The summed E-state index contributed by atoms with van der Waals surface area (Å²) in [6.45, 7) is 1.29. The molecule has 2 aliphatic carbocycles. The van der Waals surface area contributed by atoms with E-state index in [1.54, 1.807) is 0 Å². The maximum absolute atomic E-state index is 14.7. The second kappa shape index (κ2) is 8.26. The molecule has 0 unspecified atom stereocenters. The van der Waals surface area contributed by atoms with Gasteiger partial charge in [-0.1, -0.05) is 18.2 Å². The van der Waals surface area contributed by atoms with Gasteiger partial charge >= 0.3 is 18.0 Å². The van der Waals surface area contributed by atoms with Crippen molar-refractivity contribution in [3.8, 4) is 0 Å². The number of fused-ring (bicyclic) bond motifs is 3. The zero-order valence-corrected chi connectivity index (χ0v) is 19.5. The standard InChI is InChI=1S/C24H20F8O3S/c1-13(33)18-10-11-21(36(34,35)17-6-4-16(25)5-7-17)19-9-3-15(12-14(19)2-8-20(18)21)22(26,23(27,28)29)24(30,31)32/h3-7,9,12,18,20H,2,8,10-11H2,1H3/t18-,20-,21+/m0/s1. The van der Waals surface area contributed by atoms with E-state index < -0.39 is 55.8 Å². The largest absolute Gasteiger partial charge is 0.435 e. The molecule has 36 heavy (non-hydrogen) atoms. The Morgan fingerprint density at radius 3 is 2.03 bits per heavy atom.